The molecule has 0 aliphatic carbocycles. The van der Waals surface area contributed by atoms with E-state index < -0.39 is 5.76 Å². The molecule has 1 atom stereocenters. The average Bonchev–Trinajstić information content (AvgIpc) is 2.69. The summed E-state index contributed by atoms with van der Waals surface area (Å²) in [5.41, 5.74) is 3.16. The van der Waals surface area contributed by atoms with Gasteiger partial charge in [-0.25, -0.2) is 0 Å². The molecule has 0 bridgehead atoms. The van der Waals surface area contributed by atoms with Gasteiger partial charge in [-0.1, -0.05) is 42.1 Å². The Balaban J connectivity index is 1.56. The number of hydrogen-bond donors (Lipinski definition) is 1. The highest BCUT2D eigenvalue weighted by Crippen LogP contribution is 2.26. The first-order chi connectivity index (χ1) is 13.4. The highest BCUT2D eigenvalue weighted by molar-refractivity contribution is 7.99. The maximum absolute atomic E-state index is 12.6. The van der Waals surface area contributed by atoms with Crippen molar-refractivity contribution in [2.75, 3.05) is 13.1 Å². The summed E-state index contributed by atoms with van der Waals surface area (Å²) in [6.45, 7) is 3.42. The van der Waals surface area contributed by atoms with Crippen molar-refractivity contribution in [2.24, 2.45) is 0 Å². The van der Waals surface area contributed by atoms with Gasteiger partial charge in [0.05, 0.1) is 6.04 Å². The first-order valence-corrected chi connectivity index (χ1v) is 10.1. The van der Waals surface area contributed by atoms with E-state index in [1.807, 2.05) is 19.1 Å². The van der Waals surface area contributed by atoms with E-state index in [-0.39, 0.29) is 17.6 Å². The molecule has 2 aromatic carbocycles. The summed E-state index contributed by atoms with van der Waals surface area (Å²) in [7, 11) is 0. The number of alkyl halides is 2. The first kappa shape index (κ1) is 20.6. The predicted octanol–water partition coefficient (Wildman–Crippen LogP) is 5.00. The second-order valence-electron chi connectivity index (χ2n) is 6.86. The number of hydrogen-bond acceptors (Lipinski definition) is 4. The average molecular weight is 403 g/mol. The molecule has 0 amide bonds. The summed E-state index contributed by atoms with van der Waals surface area (Å²) >= 11 is 0.507. The van der Waals surface area contributed by atoms with E-state index in [2.05, 4.69) is 11.0 Å². The predicted molar refractivity (Wildman–Crippen MR) is 109 cm³/mol. The SMILES string of the molecule is CC(C(=O)Cc1ccc(SC(F)F)cc1)N1CC=C(c2ccc(O)cc2)CC1. The van der Waals surface area contributed by atoms with Gasteiger partial charge in [-0.05, 0) is 54.3 Å². The second-order valence-corrected chi connectivity index (χ2v) is 7.93. The van der Waals surface area contributed by atoms with Gasteiger partial charge in [0.1, 0.15) is 5.75 Å². The normalized spacial score (nSPS) is 16.1. The second kappa shape index (κ2) is 9.34. The Morgan fingerprint density at radius 2 is 1.82 bits per heavy atom. The van der Waals surface area contributed by atoms with Gasteiger partial charge in [0.2, 0.25) is 0 Å². The Morgan fingerprint density at radius 1 is 1.14 bits per heavy atom. The number of carbonyl (C=O) groups excluding carboxylic acids is 1. The lowest BCUT2D eigenvalue weighted by molar-refractivity contribution is -0.122. The van der Waals surface area contributed by atoms with Crippen molar-refractivity contribution in [1.82, 2.24) is 4.90 Å². The van der Waals surface area contributed by atoms with E-state index in [1.54, 1.807) is 36.4 Å². The minimum Gasteiger partial charge on any atom is -0.508 e. The van der Waals surface area contributed by atoms with Crippen LogP contribution in [0.4, 0.5) is 8.78 Å². The molecule has 1 N–H and O–H groups in total. The number of aromatic hydroxyl groups is 1. The van der Waals surface area contributed by atoms with Crippen LogP contribution in [0.15, 0.2) is 59.5 Å². The molecule has 1 aliphatic rings. The van der Waals surface area contributed by atoms with Gasteiger partial charge < -0.3 is 5.11 Å². The summed E-state index contributed by atoms with van der Waals surface area (Å²) in [5, 5.41) is 9.41. The molecule has 1 unspecified atom stereocenters. The molecule has 0 saturated heterocycles. The number of nitrogens with zero attached hydrogens (tertiary/aromatic N) is 1. The highest BCUT2D eigenvalue weighted by Gasteiger charge is 2.23. The molecule has 3 nitrogen and oxygen atoms in total. The fraction of sp³-hybridized carbons (Fsp3) is 0.318. The van der Waals surface area contributed by atoms with Gasteiger partial charge in [0.15, 0.2) is 5.78 Å². The molecule has 2 aromatic rings. The van der Waals surface area contributed by atoms with Crippen LogP contribution in [-0.4, -0.2) is 40.7 Å². The van der Waals surface area contributed by atoms with Crippen molar-refractivity contribution >= 4 is 23.1 Å². The molecule has 1 heterocycles. The van der Waals surface area contributed by atoms with Crippen molar-refractivity contribution in [1.29, 1.82) is 0 Å². The van der Waals surface area contributed by atoms with Crippen molar-refractivity contribution in [2.45, 2.75) is 36.5 Å². The van der Waals surface area contributed by atoms with Gasteiger partial charge in [-0.15, -0.1) is 0 Å². The molecule has 3 rings (SSSR count). The molecule has 0 aromatic heterocycles. The molecular weight excluding hydrogens is 380 g/mol. The van der Waals surface area contributed by atoms with Crippen LogP contribution < -0.4 is 0 Å². The maximum atomic E-state index is 12.6. The molecule has 28 heavy (non-hydrogen) atoms. The number of Topliss-reactive ketones (excluding diaryl/α,β-unsaturated/α-hetero) is 1. The lowest BCUT2D eigenvalue weighted by Gasteiger charge is -2.31. The minimum atomic E-state index is -2.44. The quantitative estimate of drug-likeness (QED) is 0.661. The van der Waals surface area contributed by atoms with Gasteiger partial charge in [-0.2, -0.15) is 8.78 Å². The zero-order chi connectivity index (χ0) is 20.1. The third-order valence-corrected chi connectivity index (χ3v) is 5.74. The van der Waals surface area contributed by atoms with Crippen LogP contribution in [0, 0.1) is 0 Å². The Morgan fingerprint density at radius 3 is 2.39 bits per heavy atom. The van der Waals surface area contributed by atoms with Crippen LogP contribution in [0.3, 0.4) is 0 Å². The number of halogens is 2. The molecule has 0 radical (unpaired) electrons. The fourth-order valence-electron chi connectivity index (χ4n) is 3.32. The van der Waals surface area contributed by atoms with Crippen molar-refractivity contribution < 1.29 is 18.7 Å². The van der Waals surface area contributed by atoms with Gasteiger partial charge in [-0.3, -0.25) is 9.69 Å². The molecule has 1 aliphatic heterocycles. The molecule has 6 heteroatoms. The third-order valence-electron chi connectivity index (χ3n) is 5.02. The number of benzene rings is 2. The third kappa shape index (κ3) is 5.42. The number of carbonyl (C=O) groups is 1. The molecular formula is C22H23F2NO2S. The zero-order valence-electron chi connectivity index (χ0n) is 15.6. The lowest BCUT2D eigenvalue weighted by Crippen LogP contribution is -2.42. The monoisotopic (exact) mass is 403 g/mol. The number of ketones is 1. The Kier molecular flexibility index (Phi) is 6.86. The number of phenolic OH excluding ortho intramolecular Hbond substituents is 1. The lowest BCUT2D eigenvalue weighted by atomic mass is 9.97. The van der Waals surface area contributed by atoms with E-state index in [0.29, 0.717) is 29.6 Å². The van der Waals surface area contributed by atoms with Gasteiger partial charge >= 0.3 is 0 Å². The number of phenols is 1. The largest absolute Gasteiger partial charge is 0.508 e. The smallest absolute Gasteiger partial charge is 0.288 e. The summed E-state index contributed by atoms with van der Waals surface area (Å²) in [6.07, 6.45) is 3.28. The van der Waals surface area contributed by atoms with Gasteiger partial charge in [0.25, 0.3) is 5.76 Å². The first-order valence-electron chi connectivity index (χ1n) is 9.21. The zero-order valence-corrected chi connectivity index (χ0v) is 16.5. The highest BCUT2D eigenvalue weighted by atomic mass is 32.2. The summed E-state index contributed by atoms with van der Waals surface area (Å²) in [4.78, 5) is 15.3. The summed E-state index contributed by atoms with van der Waals surface area (Å²) in [6, 6.07) is 13.7. The summed E-state index contributed by atoms with van der Waals surface area (Å²) < 4.78 is 24.8. The van der Waals surface area contributed by atoms with Crippen LogP contribution >= 0.6 is 11.8 Å². The minimum absolute atomic E-state index is 0.121. The van der Waals surface area contributed by atoms with E-state index in [9.17, 15) is 18.7 Å². The van der Waals surface area contributed by atoms with Crippen LogP contribution in [0.25, 0.3) is 5.57 Å². The van der Waals surface area contributed by atoms with Gasteiger partial charge in [0, 0.05) is 24.4 Å². The van der Waals surface area contributed by atoms with Crippen molar-refractivity contribution in [3.05, 3.63) is 65.7 Å². The van der Waals surface area contributed by atoms with Crippen LogP contribution in [0.5, 0.6) is 5.75 Å². The maximum Gasteiger partial charge on any atom is 0.288 e. The van der Waals surface area contributed by atoms with E-state index in [0.717, 1.165) is 24.1 Å². The molecule has 148 valence electrons. The summed E-state index contributed by atoms with van der Waals surface area (Å²) in [5.74, 6) is -2.07. The van der Waals surface area contributed by atoms with E-state index >= 15 is 0 Å². The fourth-order valence-corrected chi connectivity index (χ4v) is 3.81. The number of thioether (sulfide) groups is 1. The number of rotatable bonds is 7. The molecule has 0 spiro atoms. The standard InChI is InChI=1S/C22H23F2NO2S/c1-15(21(27)14-16-2-8-20(9-3-16)28-22(23)24)25-12-10-18(11-13-25)17-4-6-19(26)7-5-17/h2-10,15,22,26H,11-14H2,1H3. The Bertz CT molecular complexity index is 835. The molecule has 0 saturated carbocycles. The Labute approximate surface area is 168 Å². The van der Waals surface area contributed by atoms with Crippen LogP contribution in [0.1, 0.15) is 24.5 Å². The Hall–Kier alpha value is -2.18. The van der Waals surface area contributed by atoms with E-state index in [1.165, 1.54) is 5.57 Å². The van der Waals surface area contributed by atoms with E-state index in [4.69, 9.17) is 0 Å². The van der Waals surface area contributed by atoms with Crippen LogP contribution in [-0.2, 0) is 11.2 Å². The van der Waals surface area contributed by atoms with Crippen molar-refractivity contribution in [3.63, 3.8) is 0 Å². The van der Waals surface area contributed by atoms with Crippen molar-refractivity contribution in [3.8, 4) is 5.75 Å². The molecule has 0 fully saturated rings. The van der Waals surface area contributed by atoms with Crippen LogP contribution in [0.2, 0.25) is 0 Å². The topological polar surface area (TPSA) is 40.5 Å².